The molecule has 2 amide bonds. The summed E-state index contributed by atoms with van der Waals surface area (Å²) in [4.78, 5) is 26.3. The van der Waals surface area contributed by atoms with Crippen LogP contribution in [0.25, 0.3) is 0 Å². The van der Waals surface area contributed by atoms with E-state index in [-0.39, 0.29) is 24.2 Å². The molecule has 1 aliphatic heterocycles. The highest BCUT2D eigenvalue weighted by atomic mass is 16.5. The van der Waals surface area contributed by atoms with Gasteiger partial charge in [0.1, 0.15) is 11.5 Å². The lowest BCUT2D eigenvalue weighted by Crippen LogP contribution is -2.32. The molecule has 25 heavy (non-hydrogen) atoms. The fraction of sp³-hybridized carbons (Fsp3) is 0.421. The van der Waals surface area contributed by atoms with E-state index in [1.807, 2.05) is 24.3 Å². The lowest BCUT2D eigenvalue weighted by molar-refractivity contribution is -0.126. The van der Waals surface area contributed by atoms with Crippen LogP contribution in [0.1, 0.15) is 43.2 Å². The number of hydrogen-bond donors (Lipinski definition) is 1. The molecule has 1 atom stereocenters. The van der Waals surface area contributed by atoms with Gasteiger partial charge in [-0.15, -0.1) is 0 Å². The summed E-state index contributed by atoms with van der Waals surface area (Å²) in [6, 6.07) is 9.75. The number of aromatic nitrogens is 1. The van der Waals surface area contributed by atoms with Crippen molar-refractivity contribution in [1.82, 2.24) is 10.5 Å². The summed E-state index contributed by atoms with van der Waals surface area (Å²) < 4.78 is 4.98. The molecule has 2 heterocycles. The van der Waals surface area contributed by atoms with Gasteiger partial charge in [0.15, 0.2) is 0 Å². The van der Waals surface area contributed by atoms with Crippen LogP contribution < -0.4 is 10.2 Å². The van der Waals surface area contributed by atoms with E-state index in [9.17, 15) is 9.59 Å². The first-order valence-electron chi connectivity index (χ1n) is 8.54. The summed E-state index contributed by atoms with van der Waals surface area (Å²) in [6.45, 7) is 6.78. The van der Waals surface area contributed by atoms with Gasteiger partial charge in [-0.1, -0.05) is 31.1 Å². The van der Waals surface area contributed by atoms with Gasteiger partial charge in [-0.2, -0.15) is 0 Å². The van der Waals surface area contributed by atoms with E-state index in [4.69, 9.17) is 4.52 Å². The second kappa shape index (κ2) is 7.09. The van der Waals surface area contributed by atoms with Crippen molar-refractivity contribution in [3.8, 4) is 0 Å². The molecule has 2 aromatic rings. The minimum Gasteiger partial charge on any atom is -0.361 e. The molecule has 0 unspecified atom stereocenters. The number of anilines is 1. The maximum Gasteiger partial charge on any atom is 0.227 e. The van der Waals surface area contributed by atoms with Gasteiger partial charge in [0.05, 0.1) is 12.5 Å². The number of nitrogens with zero attached hydrogens (tertiary/aromatic N) is 2. The molecule has 1 aliphatic rings. The molecular formula is C19H23N3O3. The summed E-state index contributed by atoms with van der Waals surface area (Å²) in [5.74, 6) is 0.661. The number of carbonyl (C=O) groups is 2. The number of rotatable bonds is 5. The van der Waals surface area contributed by atoms with E-state index in [0.29, 0.717) is 30.5 Å². The molecule has 132 valence electrons. The molecule has 0 saturated carbocycles. The lowest BCUT2D eigenvalue weighted by atomic mass is 10.0. The summed E-state index contributed by atoms with van der Waals surface area (Å²) >= 11 is 0. The molecular weight excluding hydrogens is 318 g/mol. The van der Waals surface area contributed by atoms with E-state index in [1.165, 1.54) is 5.56 Å². The van der Waals surface area contributed by atoms with E-state index in [0.717, 1.165) is 5.69 Å². The van der Waals surface area contributed by atoms with Crippen LogP contribution in [0.3, 0.4) is 0 Å². The Morgan fingerprint density at radius 3 is 2.68 bits per heavy atom. The van der Waals surface area contributed by atoms with E-state index < -0.39 is 0 Å². The third-order valence-electron chi connectivity index (χ3n) is 4.49. The number of aryl methyl sites for hydroxylation is 1. The standard InChI is InChI=1S/C19H23N3O3/c1-12(2)14-4-6-17(7-5-14)22-11-15(9-18(22)23)19(24)20-10-16-8-13(3)25-21-16/h4-8,12,15H,9-11H2,1-3H3,(H,20,24)/t15-/m1/s1. The highest BCUT2D eigenvalue weighted by Crippen LogP contribution is 2.27. The zero-order valence-corrected chi connectivity index (χ0v) is 14.8. The van der Waals surface area contributed by atoms with Crippen molar-refractivity contribution in [2.75, 3.05) is 11.4 Å². The molecule has 1 saturated heterocycles. The first-order valence-corrected chi connectivity index (χ1v) is 8.54. The lowest BCUT2D eigenvalue weighted by Gasteiger charge is -2.17. The molecule has 6 heteroatoms. The van der Waals surface area contributed by atoms with Crippen molar-refractivity contribution < 1.29 is 14.1 Å². The second-order valence-electron chi connectivity index (χ2n) is 6.80. The van der Waals surface area contributed by atoms with E-state index >= 15 is 0 Å². The molecule has 6 nitrogen and oxygen atoms in total. The minimum absolute atomic E-state index is 0.0188. The fourth-order valence-electron chi connectivity index (χ4n) is 3.00. The highest BCUT2D eigenvalue weighted by Gasteiger charge is 2.35. The van der Waals surface area contributed by atoms with Gasteiger partial charge in [0.25, 0.3) is 0 Å². The Kier molecular flexibility index (Phi) is 4.88. The van der Waals surface area contributed by atoms with Gasteiger partial charge < -0.3 is 14.7 Å². The van der Waals surface area contributed by atoms with Crippen molar-refractivity contribution >= 4 is 17.5 Å². The first-order chi connectivity index (χ1) is 11.9. The number of nitrogens with one attached hydrogen (secondary N) is 1. The Morgan fingerprint density at radius 1 is 1.36 bits per heavy atom. The Labute approximate surface area is 147 Å². The van der Waals surface area contributed by atoms with Crippen molar-refractivity contribution in [3.05, 3.63) is 47.3 Å². The van der Waals surface area contributed by atoms with Crippen molar-refractivity contribution in [2.45, 2.75) is 39.7 Å². The summed E-state index contributed by atoms with van der Waals surface area (Å²) in [5.41, 5.74) is 2.75. The minimum atomic E-state index is -0.342. The molecule has 0 radical (unpaired) electrons. The number of hydrogen-bond acceptors (Lipinski definition) is 4. The van der Waals surface area contributed by atoms with Gasteiger partial charge in [-0.3, -0.25) is 9.59 Å². The summed E-state index contributed by atoms with van der Waals surface area (Å²) in [5, 5.41) is 6.68. The maximum atomic E-state index is 12.3. The van der Waals surface area contributed by atoms with Crippen LogP contribution in [0, 0.1) is 12.8 Å². The second-order valence-corrected chi connectivity index (χ2v) is 6.80. The van der Waals surface area contributed by atoms with Gasteiger partial charge >= 0.3 is 0 Å². The van der Waals surface area contributed by atoms with Gasteiger partial charge in [-0.05, 0) is 30.5 Å². The van der Waals surface area contributed by atoms with Crippen LogP contribution in [-0.2, 0) is 16.1 Å². The third kappa shape index (κ3) is 3.90. The average molecular weight is 341 g/mol. The van der Waals surface area contributed by atoms with Crippen molar-refractivity contribution in [1.29, 1.82) is 0 Å². The topological polar surface area (TPSA) is 75.4 Å². The van der Waals surface area contributed by atoms with Crippen LogP contribution >= 0.6 is 0 Å². The van der Waals surface area contributed by atoms with Gasteiger partial charge in [0.2, 0.25) is 11.8 Å². The SMILES string of the molecule is Cc1cc(CNC(=O)[C@@H]2CC(=O)N(c3ccc(C(C)C)cc3)C2)no1. The Morgan fingerprint density at radius 2 is 2.08 bits per heavy atom. The largest absolute Gasteiger partial charge is 0.361 e. The monoisotopic (exact) mass is 341 g/mol. The summed E-state index contributed by atoms with van der Waals surface area (Å²) in [6.07, 6.45) is 0.232. The maximum absolute atomic E-state index is 12.3. The predicted molar refractivity (Wildman–Crippen MR) is 94.1 cm³/mol. The molecule has 1 aromatic carbocycles. The van der Waals surface area contributed by atoms with Crippen molar-refractivity contribution in [2.24, 2.45) is 5.92 Å². The van der Waals surface area contributed by atoms with Crippen LogP contribution in [0.2, 0.25) is 0 Å². The zero-order valence-electron chi connectivity index (χ0n) is 14.8. The third-order valence-corrected chi connectivity index (χ3v) is 4.49. The van der Waals surface area contributed by atoms with E-state index in [2.05, 4.69) is 24.3 Å². The first kappa shape index (κ1) is 17.2. The molecule has 1 N–H and O–H groups in total. The molecule has 1 aromatic heterocycles. The normalized spacial score (nSPS) is 17.4. The van der Waals surface area contributed by atoms with E-state index in [1.54, 1.807) is 17.9 Å². The number of benzene rings is 1. The fourth-order valence-corrected chi connectivity index (χ4v) is 3.00. The van der Waals surface area contributed by atoms with Crippen LogP contribution in [0.4, 0.5) is 5.69 Å². The Bertz CT molecular complexity index is 764. The van der Waals surface area contributed by atoms with Gasteiger partial charge in [0, 0.05) is 24.7 Å². The molecule has 0 aliphatic carbocycles. The molecule has 0 spiro atoms. The quantitative estimate of drug-likeness (QED) is 0.907. The zero-order chi connectivity index (χ0) is 18.0. The van der Waals surface area contributed by atoms with Crippen LogP contribution in [0.5, 0.6) is 0 Å². The molecule has 0 bridgehead atoms. The smallest absolute Gasteiger partial charge is 0.227 e. The Hall–Kier alpha value is -2.63. The van der Waals surface area contributed by atoms with Crippen LogP contribution in [0.15, 0.2) is 34.9 Å². The number of amides is 2. The van der Waals surface area contributed by atoms with Crippen molar-refractivity contribution in [3.63, 3.8) is 0 Å². The van der Waals surface area contributed by atoms with Gasteiger partial charge in [-0.25, -0.2) is 0 Å². The van der Waals surface area contributed by atoms with Crippen LogP contribution in [-0.4, -0.2) is 23.5 Å². The molecule has 1 fully saturated rings. The summed E-state index contributed by atoms with van der Waals surface area (Å²) in [7, 11) is 0. The Balaban J connectivity index is 1.60. The average Bonchev–Trinajstić information content (AvgIpc) is 3.18. The predicted octanol–water partition coefficient (Wildman–Crippen LogP) is 2.78. The molecule has 3 rings (SSSR count). The number of carbonyl (C=O) groups excluding carboxylic acids is 2. The highest BCUT2D eigenvalue weighted by molar-refractivity contribution is 6.00.